The molecule has 0 saturated heterocycles. The van der Waals surface area contributed by atoms with E-state index in [0.29, 0.717) is 5.56 Å². The molecule has 0 spiro atoms. The first-order valence-corrected chi connectivity index (χ1v) is 8.47. The number of rotatable bonds is 6. The minimum atomic E-state index is -4.45. The molecule has 1 heterocycles. The minimum Gasteiger partial charge on any atom is -0.480 e. The van der Waals surface area contributed by atoms with E-state index in [4.69, 9.17) is 0 Å². The third kappa shape index (κ3) is 4.51. The monoisotopic (exact) mass is 390 g/mol. The van der Waals surface area contributed by atoms with Gasteiger partial charge in [-0.25, -0.2) is 4.79 Å². The normalized spacial score (nSPS) is 12.7. The molecule has 0 unspecified atom stereocenters. The summed E-state index contributed by atoms with van der Waals surface area (Å²) in [6, 6.07) is 10.4. The van der Waals surface area contributed by atoms with E-state index in [9.17, 15) is 27.9 Å². The Morgan fingerprint density at radius 3 is 2.39 bits per heavy atom. The average Bonchev–Trinajstić information content (AvgIpc) is 3.04. The summed E-state index contributed by atoms with van der Waals surface area (Å²) in [4.78, 5) is 26.8. The Morgan fingerprint density at radius 1 is 1.07 bits per heavy atom. The molecule has 0 aliphatic carbocycles. The van der Waals surface area contributed by atoms with Crippen LogP contribution in [0.3, 0.4) is 0 Å². The number of nitrogens with one attached hydrogen (secondary N) is 2. The minimum absolute atomic E-state index is 0.0814. The fourth-order valence-corrected chi connectivity index (χ4v) is 2.96. The lowest BCUT2D eigenvalue weighted by Gasteiger charge is -2.14. The van der Waals surface area contributed by atoms with E-state index in [1.165, 1.54) is 12.1 Å². The maximum Gasteiger partial charge on any atom is 0.416 e. The van der Waals surface area contributed by atoms with Crippen LogP contribution in [0.4, 0.5) is 13.2 Å². The van der Waals surface area contributed by atoms with Gasteiger partial charge in [0.15, 0.2) is 0 Å². The zero-order chi connectivity index (χ0) is 20.3. The molecule has 3 rings (SSSR count). The fraction of sp³-hybridized carbons (Fsp3) is 0.200. The Kier molecular flexibility index (Phi) is 5.39. The molecule has 0 saturated carbocycles. The van der Waals surface area contributed by atoms with Gasteiger partial charge in [-0.2, -0.15) is 13.2 Å². The maximum atomic E-state index is 12.6. The number of aliphatic carboxylic acids is 1. The van der Waals surface area contributed by atoms with Crippen molar-refractivity contribution in [2.75, 3.05) is 0 Å². The van der Waals surface area contributed by atoms with E-state index in [1.54, 1.807) is 6.20 Å². The number of H-pyrrole nitrogens is 1. The Morgan fingerprint density at radius 2 is 1.75 bits per heavy atom. The third-order valence-corrected chi connectivity index (χ3v) is 4.38. The number of hydrogen-bond acceptors (Lipinski definition) is 2. The number of hydrogen-bond donors (Lipinski definition) is 3. The highest BCUT2D eigenvalue weighted by molar-refractivity contribution is 5.87. The zero-order valence-electron chi connectivity index (χ0n) is 14.6. The predicted octanol–water partition coefficient (Wildman–Crippen LogP) is 3.54. The number of benzene rings is 2. The Balaban J connectivity index is 1.67. The van der Waals surface area contributed by atoms with Gasteiger partial charge in [-0.3, -0.25) is 4.79 Å². The Bertz CT molecular complexity index is 994. The molecule has 28 heavy (non-hydrogen) atoms. The van der Waals surface area contributed by atoms with Crippen LogP contribution in [0.5, 0.6) is 0 Å². The molecule has 2 aromatic carbocycles. The summed E-state index contributed by atoms with van der Waals surface area (Å²) in [5.41, 5.74) is 1.16. The molecule has 0 aliphatic rings. The second kappa shape index (κ2) is 7.75. The number of carboxylic acid groups (broad SMARTS) is 1. The molecule has 1 amide bonds. The highest BCUT2D eigenvalue weighted by atomic mass is 19.4. The van der Waals surface area contributed by atoms with Crippen LogP contribution in [0, 0.1) is 0 Å². The van der Waals surface area contributed by atoms with Crippen LogP contribution in [0.2, 0.25) is 0 Å². The van der Waals surface area contributed by atoms with Crippen molar-refractivity contribution in [3.8, 4) is 0 Å². The molecule has 8 heteroatoms. The van der Waals surface area contributed by atoms with Crippen LogP contribution in [-0.2, 0) is 28.6 Å². The molecule has 3 N–H and O–H groups in total. The molecule has 0 aliphatic heterocycles. The van der Waals surface area contributed by atoms with E-state index < -0.39 is 29.7 Å². The topological polar surface area (TPSA) is 82.2 Å². The van der Waals surface area contributed by atoms with Crippen LogP contribution in [0.15, 0.2) is 54.7 Å². The summed E-state index contributed by atoms with van der Waals surface area (Å²) in [6.45, 7) is 0. The van der Waals surface area contributed by atoms with Crippen molar-refractivity contribution >= 4 is 22.8 Å². The largest absolute Gasteiger partial charge is 0.480 e. The fourth-order valence-electron chi connectivity index (χ4n) is 2.96. The smallest absolute Gasteiger partial charge is 0.416 e. The Hall–Kier alpha value is -3.29. The number of aromatic nitrogens is 1. The maximum absolute atomic E-state index is 12.6. The summed E-state index contributed by atoms with van der Waals surface area (Å²) in [5, 5.41) is 12.7. The van der Waals surface area contributed by atoms with Gasteiger partial charge in [-0.15, -0.1) is 0 Å². The van der Waals surface area contributed by atoms with Crippen molar-refractivity contribution in [3.05, 3.63) is 71.4 Å². The van der Waals surface area contributed by atoms with E-state index in [2.05, 4.69) is 10.3 Å². The number of amides is 1. The van der Waals surface area contributed by atoms with Gasteiger partial charge in [-0.05, 0) is 29.3 Å². The summed E-state index contributed by atoms with van der Waals surface area (Å²) in [5.74, 6) is -1.77. The van der Waals surface area contributed by atoms with Crippen LogP contribution in [0.1, 0.15) is 16.7 Å². The SMILES string of the molecule is O=C(Cc1ccc(C(F)(F)F)cc1)N[C@@H](Cc1c[nH]c2ccccc12)C(=O)O. The second-order valence-electron chi connectivity index (χ2n) is 6.39. The number of aromatic amines is 1. The lowest BCUT2D eigenvalue weighted by molar-refractivity contribution is -0.141. The van der Waals surface area contributed by atoms with Crippen molar-refractivity contribution in [2.24, 2.45) is 0 Å². The number of carboxylic acids is 1. The van der Waals surface area contributed by atoms with E-state index in [0.717, 1.165) is 28.6 Å². The quantitative estimate of drug-likeness (QED) is 0.602. The van der Waals surface area contributed by atoms with Crippen molar-refractivity contribution in [3.63, 3.8) is 0 Å². The van der Waals surface area contributed by atoms with Crippen molar-refractivity contribution in [2.45, 2.75) is 25.1 Å². The van der Waals surface area contributed by atoms with Gasteiger partial charge in [0, 0.05) is 23.5 Å². The van der Waals surface area contributed by atoms with Crippen LogP contribution in [-0.4, -0.2) is 28.0 Å². The van der Waals surface area contributed by atoms with Crippen molar-refractivity contribution < 1.29 is 27.9 Å². The van der Waals surface area contributed by atoms with Gasteiger partial charge >= 0.3 is 12.1 Å². The molecule has 0 fully saturated rings. The molecule has 0 bridgehead atoms. The van der Waals surface area contributed by atoms with Gasteiger partial charge in [-0.1, -0.05) is 30.3 Å². The standard InChI is InChI=1S/C20H17F3N2O3/c21-20(22,23)14-7-5-12(6-8-14)9-18(26)25-17(19(27)28)10-13-11-24-16-4-2-1-3-15(13)16/h1-8,11,17,24H,9-10H2,(H,25,26)(H,27,28)/t17-/m0/s1. The molecular formula is C20H17F3N2O3. The summed E-state index contributed by atoms with van der Waals surface area (Å²) in [6.07, 6.45) is -2.88. The van der Waals surface area contributed by atoms with Crippen LogP contribution < -0.4 is 5.32 Å². The first-order chi connectivity index (χ1) is 13.2. The molecule has 3 aromatic rings. The zero-order valence-corrected chi connectivity index (χ0v) is 14.6. The predicted molar refractivity (Wildman–Crippen MR) is 96.7 cm³/mol. The van der Waals surface area contributed by atoms with E-state index in [-0.39, 0.29) is 12.8 Å². The number of carbonyl (C=O) groups excluding carboxylic acids is 1. The summed E-state index contributed by atoms with van der Waals surface area (Å²) >= 11 is 0. The number of carbonyl (C=O) groups is 2. The van der Waals surface area contributed by atoms with Gasteiger partial charge in [0.25, 0.3) is 0 Å². The lowest BCUT2D eigenvalue weighted by Crippen LogP contribution is -2.43. The van der Waals surface area contributed by atoms with E-state index >= 15 is 0 Å². The lowest BCUT2D eigenvalue weighted by atomic mass is 10.0. The van der Waals surface area contributed by atoms with Crippen LogP contribution >= 0.6 is 0 Å². The van der Waals surface area contributed by atoms with Gasteiger partial charge < -0.3 is 15.4 Å². The average molecular weight is 390 g/mol. The van der Waals surface area contributed by atoms with Gasteiger partial charge in [0.05, 0.1) is 12.0 Å². The van der Waals surface area contributed by atoms with Gasteiger partial charge in [0.1, 0.15) is 6.04 Å². The number of alkyl halides is 3. The van der Waals surface area contributed by atoms with E-state index in [1.807, 2.05) is 24.3 Å². The number of halogens is 3. The molecule has 1 aromatic heterocycles. The first kappa shape index (κ1) is 19.5. The van der Waals surface area contributed by atoms with Crippen molar-refractivity contribution in [1.29, 1.82) is 0 Å². The molecule has 1 atom stereocenters. The van der Waals surface area contributed by atoms with Gasteiger partial charge in [0.2, 0.25) is 5.91 Å². The molecule has 0 radical (unpaired) electrons. The van der Waals surface area contributed by atoms with Crippen molar-refractivity contribution in [1.82, 2.24) is 10.3 Å². The highest BCUT2D eigenvalue weighted by Crippen LogP contribution is 2.29. The third-order valence-electron chi connectivity index (χ3n) is 4.38. The molecule has 146 valence electrons. The Labute approximate surface area is 158 Å². The van der Waals surface area contributed by atoms with Crippen LogP contribution in [0.25, 0.3) is 10.9 Å². The second-order valence-corrected chi connectivity index (χ2v) is 6.39. The first-order valence-electron chi connectivity index (χ1n) is 8.47. The number of para-hydroxylation sites is 1. The highest BCUT2D eigenvalue weighted by Gasteiger charge is 2.30. The number of fused-ring (bicyclic) bond motifs is 1. The molecular weight excluding hydrogens is 373 g/mol. The summed E-state index contributed by atoms with van der Waals surface area (Å²) in [7, 11) is 0. The molecule has 5 nitrogen and oxygen atoms in total. The summed E-state index contributed by atoms with van der Waals surface area (Å²) < 4.78 is 37.8.